The number of nitrogens with one attached hydrogen (secondary N) is 1. The molecule has 0 aliphatic heterocycles. The highest BCUT2D eigenvalue weighted by Crippen LogP contribution is 2.35. The number of aromatic nitrogens is 1. The first-order chi connectivity index (χ1) is 12.8. The van der Waals surface area contributed by atoms with Crippen LogP contribution in [0.25, 0.3) is 0 Å². The Hall–Kier alpha value is -3.04. The molecule has 1 saturated carbocycles. The van der Waals surface area contributed by atoms with Gasteiger partial charge >= 0.3 is 18.2 Å². The number of alkyl halides is 3. The van der Waals surface area contributed by atoms with Crippen molar-refractivity contribution in [2.45, 2.75) is 31.6 Å². The number of ether oxygens (including phenoxy) is 1. The first-order valence-corrected chi connectivity index (χ1v) is 8.06. The number of carbonyl (C=O) groups excluding carboxylic acids is 2. The molecule has 0 saturated heterocycles. The fourth-order valence-corrected chi connectivity index (χ4v) is 2.51. The van der Waals surface area contributed by atoms with Crippen molar-refractivity contribution >= 4 is 17.7 Å². The number of benzene rings is 1. The Kier molecular flexibility index (Phi) is 5.06. The maximum atomic E-state index is 13.1. The third-order valence-electron chi connectivity index (χ3n) is 3.97. The number of urea groups is 1. The van der Waals surface area contributed by atoms with Gasteiger partial charge in [0.15, 0.2) is 5.69 Å². The van der Waals surface area contributed by atoms with Crippen LogP contribution in [0.15, 0.2) is 34.9 Å². The monoisotopic (exact) mass is 383 g/mol. The Morgan fingerprint density at radius 2 is 2.04 bits per heavy atom. The van der Waals surface area contributed by atoms with E-state index >= 15 is 0 Å². The molecular formula is C17H16F3N3O4. The number of amides is 2. The number of hydrogen-bond donors (Lipinski definition) is 1. The summed E-state index contributed by atoms with van der Waals surface area (Å²) in [4.78, 5) is 29.2. The van der Waals surface area contributed by atoms with Gasteiger partial charge in [0.25, 0.3) is 0 Å². The fourth-order valence-electron chi connectivity index (χ4n) is 2.51. The first-order valence-electron chi connectivity index (χ1n) is 8.06. The molecule has 0 unspecified atom stereocenters. The van der Waals surface area contributed by atoms with Crippen molar-refractivity contribution in [1.82, 2.24) is 9.88 Å². The molecule has 27 heavy (non-hydrogen) atoms. The van der Waals surface area contributed by atoms with Crippen molar-refractivity contribution in [1.29, 1.82) is 0 Å². The molecule has 0 bridgehead atoms. The molecule has 0 spiro atoms. The standard InChI is InChI=1S/C17H16F3N3O4/c1-26-15(24)13-9-27-14(21-13)8-23(10-6-7-10)16(25)22-12-5-3-2-4-11(12)17(18,19)20/h2-5,9-10H,6-8H2,1H3,(H,22,25). The zero-order valence-corrected chi connectivity index (χ0v) is 14.2. The molecule has 1 aromatic carbocycles. The topological polar surface area (TPSA) is 84.7 Å². The molecule has 3 rings (SSSR count). The summed E-state index contributed by atoms with van der Waals surface area (Å²) in [6.07, 6.45) is -2.05. The summed E-state index contributed by atoms with van der Waals surface area (Å²) in [7, 11) is 1.19. The predicted molar refractivity (Wildman–Crippen MR) is 86.9 cm³/mol. The van der Waals surface area contributed by atoms with Gasteiger partial charge in [-0.2, -0.15) is 13.2 Å². The van der Waals surface area contributed by atoms with Crippen LogP contribution in [0.4, 0.5) is 23.7 Å². The van der Waals surface area contributed by atoms with E-state index < -0.39 is 23.7 Å². The first kappa shape index (κ1) is 18.7. The highest BCUT2D eigenvalue weighted by Gasteiger charge is 2.37. The zero-order chi connectivity index (χ0) is 19.6. The molecule has 1 N–H and O–H groups in total. The summed E-state index contributed by atoms with van der Waals surface area (Å²) in [5.74, 6) is -0.604. The van der Waals surface area contributed by atoms with Crippen LogP contribution in [0.1, 0.15) is 34.8 Å². The van der Waals surface area contributed by atoms with Crippen molar-refractivity contribution in [3.05, 3.63) is 47.7 Å². The van der Waals surface area contributed by atoms with E-state index in [1.807, 2.05) is 0 Å². The Morgan fingerprint density at radius 3 is 2.67 bits per heavy atom. The molecule has 1 aromatic heterocycles. The lowest BCUT2D eigenvalue weighted by atomic mass is 10.1. The minimum atomic E-state index is -4.59. The Labute approximate surface area is 152 Å². The van der Waals surface area contributed by atoms with Gasteiger partial charge in [-0.3, -0.25) is 0 Å². The second-order valence-corrected chi connectivity index (χ2v) is 5.95. The van der Waals surface area contributed by atoms with Crippen molar-refractivity contribution in [2.75, 3.05) is 12.4 Å². The molecule has 1 fully saturated rings. The number of carbonyl (C=O) groups is 2. The molecule has 1 aliphatic rings. The summed E-state index contributed by atoms with van der Waals surface area (Å²) in [6.45, 7) is -0.0817. The molecule has 0 atom stereocenters. The van der Waals surface area contributed by atoms with Crippen LogP contribution in [0, 0.1) is 0 Å². The Morgan fingerprint density at radius 1 is 1.33 bits per heavy atom. The second kappa shape index (κ2) is 7.29. The lowest BCUT2D eigenvalue weighted by Crippen LogP contribution is -2.36. The van der Waals surface area contributed by atoms with Gasteiger partial charge in [0.05, 0.1) is 24.9 Å². The number of nitrogens with zero attached hydrogens (tertiary/aromatic N) is 2. The SMILES string of the molecule is COC(=O)c1coc(CN(C(=O)Nc2ccccc2C(F)(F)F)C2CC2)n1. The second-order valence-electron chi connectivity index (χ2n) is 5.95. The van der Waals surface area contributed by atoms with E-state index in [0.29, 0.717) is 0 Å². The molecule has 2 amide bonds. The number of halogens is 3. The molecule has 144 valence electrons. The van der Waals surface area contributed by atoms with Gasteiger partial charge in [-0.25, -0.2) is 14.6 Å². The highest BCUT2D eigenvalue weighted by atomic mass is 19.4. The smallest absolute Gasteiger partial charge is 0.418 e. The normalized spacial score (nSPS) is 13.9. The third kappa shape index (κ3) is 4.39. The summed E-state index contributed by atoms with van der Waals surface area (Å²) in [6, 6.07) is 3.91. The van der Waals surface area contributed by atoms with Crippen molar-refractivity contribution in [3.63, 3.8) is 0 Å². The maximum Gasteiger partial charge on any atom is 0.418 e. The van der Waals surface area contributed by atoms with Gasteiger partial charge in [-0.1, -0.05) is 12.1 Å². The summed E-state index contributed by atoms with van der Waals surface area (Å²) in [5.41, 5.74) is -1.31. The van der Waals surface area contributed by atoms with Crippen LogP contribution < -0.4 is 5.32 Å². The van der Waals surface area contributed by atoms with E-state index in [9.17, 15) is 22.8 Å². The molecule has 10 heteroatoms. The average Bonchev–Trinajstić information content (AvgIpc) is 3.36. The van der Waals surface area contributed by atoms with Crippen LogP contribution in [0.5, 0.6) is 0 Å². The van der Waals surface area contributed by atoms with Gasteiger partial charge in [0.2, 0.25) is 5.89 Å². The fraction of sp³-hybridized carbons (Fsp3) is 0.353. The molecular weight excluding hydrogens is 367 g/mol. The van der Waals surface area contributed by atoms with Crippen LogP contribution in [-0.4, -0.2) is 35.0 Å². The van der Waals surface area contributed by atoms with Gasteiger partial charge < -0.3 is 19.4 Å². The number of rotatable bonds is 5. The van der Waals surface area contributed by atoms with E-state index in [1.165, 1.54) is 30.2 Å². The number of esters is 1. The number of hydrogen-bond acceptors (Lipinski definition) is 5. The van der Waals surface area contributed by atoms with Gasteiger partial charge in [-0.15, -0.1) is 0 Å². The molecule has 2 aromatic rings. The van der Waals surface area contributed by atoms with Gasteiger partial charge in [0.1, 0.15) is 6.26 Å². The summed E-state index contributed by atoms with van der Waals surface area (Å²) < 4.78 is 49.0. The molecule has 7 nitrogen and oxygen atoms in total. The van der Waals surface area contributed by atoms with Gasteiger partial charge in [-0.05, 0) is 25.0 Å². The zero-order valence-electron chi connectivity index (χ0n) is 14.2. The molecule has 1 aliphatic carbocycles. The number of para-hydroxylation sites is 1. The van der Waals surface area contributed by atoms with E-state index in [4.69, 9.17) is 4.42 Å². The van der Waals surface area contributed by atoms with E-state index in [0.717, 1.165) is 25.2 Å². The quantitative estimate of drug-likeness (QED) is 0.797. The Balaban J connectivity index is 1.76. The highest BCUT2D eigenvalue weighted by molar-refractivity contribution is 5.90. The predicted octanol–water partition coefficient (Wildman–Crippen LogP) is 3.68. The largest absolute Gasteiger partial charge is 0.464 e. The van der Waals surface area contributed by atoms with Crippen LogP contribution in [0.3, 0.4) is 0 Å². The third-order valence-corrected chi connectivity index (χ3v) is 3.97. The van der Waals surface area contributed by atoms with Gasteiger partial charge in [0, 0.05) is 6.04 Å². The lowest BCUT2D eigenvalue weighted by Gasteiger charge is -2.22. The van der Waals surface area contributed by atoms with Crippen LogP contribution in [-0.2, 0) is 17.5 Å². The number of anilines is 1. The number of methoxy groups -OCH3 is 1. The summed E-state index contributed by atoms with van der Waals surface area (Å²) >= 11 is 0. The average molecular weight is 383 g/mol. The van der Waals surface area contributed by atoms with Crippen molar-refractivity contribution < 1.29 is 31.9 Å². The Bertz CT molecular complexity index is 846. The van der Waals surface area contributed by atoms with Crippen LogP contribution >= 0.6 is 0 Å². The van der Waals surface area contributed by atoms with E-state index in [-0.39, 0.29) is 29.9 Å². The van der Waals surface area contributed by atoms with Crippen molar-refractivity contribution in [3.8, 4) is 0 Å². The lowest BCUT2D eigenvalue weighted by molar-refractivity contribution is -0.136. The maximum absolute atomic E-state index is 13.1. The molecule has 1 heterocycles. The summed E-state index contributed by atoms with van der Waals surface area (Å²) in [5, 5.41) is 2.31. The van der Waals surface area contributed by atoms with E-state index in [1.54, 1.807) is 0 Å². The minimum absolute atomic E-state index is 0.0499. The van der Waals surface area contributed by atoms with E-state index in [2.05, 4.69) is 15.0 Å². The molecule has 0 radical (unpaired) electrons. The van der Waals surface area contributed by atoms with Crippen LogP contribution in [0.2, 0.25) is 0 Å². The number of oxazole rings is 1. The van der Waals surface area contributed by atoms with Crippen molar-refractivity contribution in [2.24, 2.45) is 0 Å². The minimum Gasteiger partial charge on any atom is -0.464 e.